The number of benzene rings is 2. The number of amides is 2. The summed E-state index contributed by atoms with van der Waals surface area (Å²) in [5.41, 5.74) is 1.40. The molecule has 0 aliphatic heterocycles. The van der Waals surface area contributed by atoms with Gasteiger partial charge in [0.05, 0.1) is 0 Å². The second-order valence-corrected chi connectivity index (χ2v) is 7.86. The third-order valence-corrected chi connectivity index (χ3v) is 5.04. The predicted molar refractivity (Wildman–Crippen MR) is 130 cm³/mol. The van der Waals surface area contributed by atoms with E-state index in [9.17, 15) is 30.0 Å². The minimum absolute atomic E-state index is 0.0560. The molecule has 9 nitrogen and oxygen atoms in total. The number of nitrogens with one attached hydrogen (secondary N) is 3. The number of rotatable bonds is 14. The molecule has 7 N–H and O–H groups in total. The fourth-order valence-electron chi connectivity index (χ4n) is 3.10. The van der Waals surface area contributed by atoms with Crippen LogP contribution in [0.2, 0.25) is 0 Å². The number of phenols is 4. The Balaban J connectivity index is 1.43. The summed E-state index contributed by atoms with van der Waals surface area (Å²) in [6.45, 7) is 2.73. The van der Waals surface area contributed by atoms with Crippen molar-refractivity contribution < 1.29 is 30.0 Å². The van der Waals surface area contributed by atoms with E-state index < -0.39 is 0 Å². The van der Waals surface area contributed by atoms with Gasteiger partial charge in [0.25, 0.3) is 0 Å². The molecule has 0 heterocycles. The fourth-order valence-corrected chi connectivity index (χ4v) is 3.10. The largest absolute Gasteiger partial charge is 0.504 e. The summed E-state index contributed by atoms with van der Waals surface area (Å²) in [6.07, 6.45) is 6.29. The molecule has 0 bridgehead atoms. The number of aromatic hydroxyl groups is 4. The zero-order valence-electron chi connectivity index (χ0n) is 19.1. The van der Waals surface area contributed by atoms with Crippen molar-refractivity contribution in [2.75, 3.05) is 26.2 Å². The smallest absolute Gasteiger partial charge is 0.243 e. The number of unbranched alkanes of at least 4 members (excludes halogenated alkanes) is 1. The SMILES string of the molecule is O=C(/C=C/c1ccc(O)c(O)c1)NCCCCNCCCNC(=O)CCc1ccc(O)c(O)c1. The molecule has 0 aromatic heterocycles. The maximum Gasteiger partial charge on any atom is 0.243 e. The number of hydrogen-bond acceptors (Lipinski definition) is 7. The van der Waals surface area contributed by atoms with E-state index in [-0.39, 0.29) is 34.8 Å². The topological polar surface area (TPSA) is 151 Å². The van der Waals surface area contributed by atoms with Crippen molar-refractivity contribution in [3.63, 3.8) is 0 Å². The van der Waals surface area contributed by atoms with Crippen molar-refractivity contribution >= 4 is 17.9 Å². The summed E-state index contributed by atoms with van der Waals surface area (Å²) in [7, 11) is 0. The van der Waals surface area contributed by atoms with Crippen molar-refractivity contribution in [1.82, 2.24) is 16.0 Å². The Bertz CT molecular complexity index is 977. The van der Waals surface area contributed by atoms with Gasteiger partial charge in [-0.05, 0) is 80.2 Å². The van der Waals surface area contributed by atoms with Crippen LogP contribution >= 0.6 is 0 Å². The summed E-state index contributed by atoms with van der Waals surface area (Å²) >= 11 is 0. The Morgan fingerprint density at radius 2 is 1.38 bits per heavy atom. The molecule has 0 saturated carbocycles. The minimum atomic E-state index is -0.232. The molecule has 0 saturated heterocycles. The average molecular weight is 472 g/mol. The zero-order valence-corrected chi connectivity index (χ0v) is 19.1. The molecule has 184 valence electrons. The lowest BCUT2D eigenvalue weighted by atomic mass is 10.1. The van der Waals surface area contributed by atoms with Gasteiger partial charge in [-0.15, -0.1) is 0 Å². The van der Waals surface area contributed by atoms with E-state index in [1.54, 1.807) is 18.2 Å². The van der Waals surface area contributed by atoms with Crippen LogP contribution < -0.4 is 16.0 Å². The summed E-state index contributed by atoms with van der Waals surface area (Å²) < 4.78 is 0. The highest BCUT2D eigenvalue weighted by molar-refractivity contribution is 5.91. The van der Waals surface area contributed by atoms with Crippen LogP contribution in [0.15, 0.2) is 42.5 Å². The number of hydrogen-bond donors (Lipinski definition) is 7. The molecular formula is C25H33N3O6. The Hall–Kier alpha value is -3.72. The first-order chi connectivity index (χ1) is 16.3. The molecule has 2 amide bonds. The van der Waals surface area contributed by atoms with Crippen LogP contribution in [0.25, 0.3) is 6.08 Å². The van der Waals surface area contributed by atoms with Crippen LogP contribution in [-0.2, 0) is 16.0 Å². The summed E-state index contributed by atoms with van der Waals surface area (Å²) in [4.78, 5) is 23.7. The normalized spacial score (nSPS) is 10.9. The first-order valence-electron chi connectivity index (χ1n) is 11.3. The van der Waals surface area contributed by atoms with Gasteiger partial charge in [0, 0.05) is 25.6 Å². The van der Waals surface area contributed by atoms with Gasteiger partial charge in [-0.2, -0.15) is 0 Å². The van der Waals surface area contributed by atoms with E-state index in [2.05, 4.69) is 16.0 Å². The lowest BCUT2D eigenvalue weighted by Crippen LogP contribution is -2.28. The van der Waals surface area contributed by atoms with E-state index in [0.29, 0.717) is 31.5 Å². The third kappa shape index (κ3) is 10.3. The maximum absolute atomic E-state index is 11.9. The number of carbonyl (C=O) groups is 2. The van der Waals surface area contributed by atoms with Gasteiger partial charge in [0.2, 0.25) is 11.8 Å². The van der Waals surface area contributed by atoms with Gasteiger partial charge in [0.15, 0.2) is 23.0 Å². The van der Waals surface area contributed by atoms with E-state index in [0.717, 1.165) is 37.9 Å². The Morgan fingerprint density at radius 1 is 0.735 bits per heavy atom. The van der Waals surface area contributed by atoms with Crippen LogP contribution in [-0.4, -0.2) is 58.4 Å². The van der Waals surface area contributed by atoms with Gasteiger partial charge in [-0.25, -0.2) is 0 Å². The van der Waals surface area contributed by atoms with Crippen LogP contribution in [0.3, 0.4) is 0 Å². The van der Waals surface area contributed by atoms with Crippen LogP contribution in [0.4, 0.5) is 0 Å². The molecule has 2 aromatic rings. The van der Waals surface area contributed by atoms with Gasteiger partial charge >= 0.3 is 0 Å². The van der Waals surface area contributed by atoms with E-state index >= 15 is 0 Å². The predicted octanol–water partition coefficient (Wildman–Crippen LogP) is 2.15. The van der Waals surface area contributed by atoms with Gasteiger partial charge in [0.1, 0.15) is 0 Å². The number of aryl methyl sites for hydroxylation is 1. The second kappa shape index (κ2) is 14.4. The van der Waals surface area contributed by atoms with Gasteiger partial charge in [-0.3, -0.25) is 9.59 Å². The second-order valence-electron chi connectivity index (χ2n) is 7.86. The van der Waals surface area contributed by atoms with E-state index in [4.69, 9.17) is 0 Å². The highest BCUT2D eigenvalue weighted by atomic mass is 16.3. The first-order valence-corrected chi connectivity index (χ1v) is 11.3. The van der Waals surface area contributed by atoms with Crippen molar-refractivity contribution in [2.24, 2.45) is 0 Å². The molecule has 0 fully saturated rings. The fraction of sp³-hybridized carbons (Fsp3) is 0.360. The summed E-state index contributed by atoms with van der Waals surface area (Å²) in [5.74, 6) is -1.07. The standard InChI is InChI=1S/C25H33N3O6/c29-20-8-4-18(16-22(20)31)6-10-24(33)27-14-2-1-12-26-13-3-15-28-25(34)11-7-19-5-9-21(30)23(32)17-19/h4-6,8-10,16-17,26,29-32H,1-3,7,11-15H2,(H,27,33)(H,28,34)/b10-6+. The molecule has 0 atom stereocenters. The van der Waals surface area contributed by atoms with Crippen LogP contribution in [0, 0.1) is 0 Å². The van der Waals surface area contributed by atoms with E-state index in [1.807, 2.05) is 0 Å². The summed E-state index contributed by atoms with van der Waals surface area (Å²) in [5, 5.41) is 46.4. The summed E-state index contributed by atoms with van der Waals surface area (Å²) in [6, 6.07) is 8.88. The van der Waals surface area contributed by atoms with Crippen molar-refractivity contribution in [2.45, 2.75) is 32.1 Å². The molecule has 2 aromatic carbocycles. The van der Waals surface area contributed by atoms with Crippen molar-refractivity contribution in [3.8, 4) is 23.0 Å². The van der Waals surface area contributed by atoms with Crippen molar-refractivity contribution in [1.29, 1.82) is 0 Å². The minimum Gasteiger partial charge on any atom is -0.504 e. The number of carbonyl (C=O) groups excluding carboxylic acids is 2. The van der Waals surface area contributed by atoms with Crippen molar-refractivity contribution in [3.05, 3.63) is 53.6 Å². The molecule has 0 aliphatic rings. The maximum atomic E-state index is 11.9. The Labute approximate surface area is 199 Å². The average Bonchev–Trinajstić information content (AvgIpc) is 2.81. The zero-order chi connectivity index (χ0) is 24.8. The Morgan fingerprint density at radius 3 is 2.12 bits per heavy atom. The quantitative estimate of drug-likeness (QED) is 0.127. The highest BCUT2D eigenvalue weighted by Crippen LogP contribution is 2.26. The molecule has 9 heteroatoms. The first kappa shape index (κ1) is 26.5. The van der Waals surface area contributed by atoms with E-state index in [1.165, 1.54) is 30.3 Å². The lowest BCUT2D eigenvalue weighted by Gasteiger charge is -2.07. The monoisotopic (exact) mass is 471 g/mol. The molecule has 0 unspecified atom stereocenters. The van der Waals surface area contributed by atoms with Gasteiger partial charge in [-0.1, -0.05) is 12.1 Å². The Kier molecular flexibility index (Phi) is 11.3. The lowest BCUT2D eigenvalue weighted by molar-refractivity contribution is -0.121. The van der Waals surface area contributed by atoms with Gasteiger partial charge < -0.3 is 36.4 Å². The molecule has 0 radical (unpaired) electrons. The number of phenolic OH excluding ortho intramolecular Hbond substituents is 4. The third-order valence-electron chi connectivity index (χ3n) is 5.04. The molecule has 2 rings (SSSR count). The van der Waals surface area contributed by atoms with Crippen LogP contribution in [0.5, 0.6) is 23.0 Å². The van der Waals surface area contributed by atoms with Crippen LogP contribution in [0.1, 0.15) is 36.8 Å². The molecule has 0 spiro atoms. The molecular weight excluding hydrogens is 438 g/mol. The molecule has 34 heavy (non-hydrogen) atoms. The highest BCUT2D eigenvalue weighted by Gasteiger charge is 2.05. The molecule has 0 aliphatic carbocycles.